The van der Waals surface area contributed by atoms with Crippen LogP contribution in [0.15, 0.2) is 35.3 Å². The molecule has 5 rings (SSSR count). The third-order valence-electron chi connectivity index (χ3n) is 6.20. The van der Waals surface area contributed by atoms with Gasteiger partial charge in [0.15, 0.2) is 5.82 Å². The SMILES string of the molecule is N#CC1CCCC[C@@H]1n1nc(Nc2ccc3c(c2)CCNC3)c2c(=O)[nH]ccc21. The van der Waals surface area contributed by atoms with E-state index >= 15 is 0 Å². The van der Waals surface area contributed by atoms with Crippen molar-refractivity contribution in [2.75, 3.05) is 11.9 Å². The van der Waals surface area contributed by atoms with Crippen LogP contribution in [0.3, 0.4) is 0 Å². The van der Waals surface area contributed by atoms with Gasteiger partial charge in [0.25, 0.3) is 5.56 Å². The molecule has 1 unspecified atom stereocenters. The Kier molecular flexibility index (Phi) is 4.57. The number of nitrogens with one attached hydrogen (secondary N) is 3. The minimum atomic E-state index is -0.164. The molecule has 1 fully saturated rings. The number of fused-ring (bicyclic) bond motifs is 2. The molecule has 1 aliphatic heterocycles. The van der Waals surface area contributed by atoms with Gasteiger partial charge in [-0.05, 0) is 55.1 Å². The molecule has 0 spiro atoms. The number of aromatic amines is 1. The monoisotopic (exact) mass is 388 g/mol. The molecular weight excluding hydrogens is 364 g/mol. The van der Waals surface area contributed by atoms with Crippen LogP contribution in [0, 0.1) is 17.2 Å². The number of pyridine rings is 1. The Morgan fingerprint density at radius 1 is 1.21 bits per heavy atom. The van der Waals surface area contributed by atoms with Gasteiger partial charge in [-0.15, -0.1) is 0 Å². The van der Waals surface area contributed by atoms with Gasteiger partial charge in [-0.2, -0.15) is 10.4 Å². The van der Waals surface area contributed by atoms with E-state index in [0.29, 0.717) is 11.2 Å². The Hall–Kier alpha value is -3.11. The summed E-state index contributed by atoms with van der Waals surface area (Å²) in [5, 5.41) is 21.7. The lowest BCUT2D eigenvalue weighted by Crippen LogP contribution is -2.23. The number of aromatic nitrogens is 3. The lowest BCUT2D eigenvalue weighted by atomic mass is 9.85. The molecule has 3 N–H and O–H groups in total. The number of hydrogen-bond donors (Lipinski definition) is 3. The molecule has 7 heteroatoms. The average Bonchev–Trinajstić information content (AvgIpc) is 3.13. The second-order valence-electron chi connectivity index (χ2n) is 7.98. The van der Waals surface area contributed by atoms with E-state index in [1.54, 1.807) is 6.20 Å². The molecule has 1 saturated carbocycles. The smallest absolute Gasteiger partial charge is 0.261 e. The van der Waals surface area contributed by atoms with Crippen molar-refractivity contribution in [1.29, 1.82) is 5.26 Å². The fourth-order valence-corrected chi connectivity index (χ4v) is 4.69. The molecule has 148 valence electrons. The van der Waals surface area contributed by atoms with Gasteiger partial charge in [-0.25, -0.2) is 0 Å². The normalized spacial score (nSPS) is 21.5. The summed E-state index contributed by atoms with van der Waals surface area (Å²) in [5.41, 5.74) is 4.19. The maximum Gasteiger partial charge on any atom is 0.261 e. The van der Waals surface area contributed by atoms with Gasteiger partial charge in [0, 0.05) is 18.4 Å². The zero-order valence-corrected chi connectivity index (χ0v) is 16.2. The first kappa shape index (κ1) is 18.0. The minimum Gasteiger partial charge on any atom is -0.338 e. The predicted molar refractivity (Wildman–Crippen MR) is 112 cm³/mol. The fourth-order valence-electron chi connectivity index (χ4n) is 4.69. The lowest BCUT2D eigenvalue weighted by Gasteiger charge is -2.27. The number of anilines is 2. The number of nitriles is 1. The molecule has 2 aliphatic rings. The molecule has 7 nitrogen and oxygen atoms in total. The van der Waals surface area contributed by atoms with Gasteiger partial charge in [0.05, 0.1) is 23.5 Å². The van der Waals surface area contributed by atoms with Gasteiger partial charge in [-0.3, -0.25) is 9.48 Å². The van der Waals surface area contributed by atoms with E-state index < -0.39 is 0 Å². The van der Waals surface area contributed by atoms with Crippen LogP contribution in [0.1, 0.15) is 42.9 Å². The van der Waals surface area contributed by atoms with Gasteiger partial charge in [0.1, 0.15) is 5.39 Å². The molecule has 0 radical (unpaired) electrons. The first-order valence-corrected chi connectivity index (χ1v) is 10.3. The Morgan fingerprint density at radius 3 is 3.00 bits per heavy atom. The maximum absolute atomic E-state index is 12.6. The summed E-state index contributed by atoms with van der Waals surface area (Å²) in [5.74, 6) is 0.480. The zero-order chi connectivity index (χ0) is 19.8. The molecule has 3 heterocycles. The van der Waals surface area contributed by atoms with Crippen molar-refractivity contribution >= 4 is 22.4 Å². The second kappa shape index (κ2) is 7.37. The standard InChI is InChI=1S/C22H24N6O/c23-12-15-3-1-2-4-18(15)28-19-8-10-25-22(29)20(19)21(27-28)26-17-6-5-16-13-24-9-7-14(16)11-17/h5-6,8,10-11,15,18,24H,1-4,7,9,13H2,(H,25,29)(H,26,27)/t15?,18-/m0/s1. The van der Waals surface area contributed by atoms with E-state index in [2.05, 4.69) is 33.8 Å². The van der Waals surface area contributed by atoms with Gasteiger partial charge < -0.3 is 15.6 Å². The maximum atomic E-state index is 12.6. The molecule has 2 atom stereocenters. The van der Waals surface area contributed by atoms with E-state index in [9.17, 15) is 10.1 Å². The largest absolute Gasteiger partial charge is 0.338 e. The third-order valence-corrected chi connectivity index (χ3v) is 6.20. The molecular formula is C22H24N6O. The van der Waals surface area contributed by atoms with E-state index in [1.165, 1.54) is 11.1 Å². The highest BCUT2D eigenvalue weighted by molar-refractivity contribution is 5.91. The number of rotatable bonds is 3. The van der Waals surface area contributed by atoms with Crippen LogP contribution in [0.4, 0.5) is 11.5 Å². The Labute approximate surface area is 168 Å². The van der Waals surface area contributed by atoms with E-state index in [0.717, 1.165) is 56.4 Å². The molecule has 1 aromatic carbocycles. The molecule has 2 aromatic heterocycles. The first-order chi connectivity index (χ1) is 14.2. The van der Waals surface area contributed by atoms with Crippen LogP contribution in [0.25, 0.3) is 10.9 Å². The van der Waals surface area contributed by atoms with Crippen LogP contribution in [0.2, 0.25) is 0 Å². The summed E-state index contributed by atoms with van der Waals surface area (Å²) in [6, 6.07) is 10.6. The van der Waals surface area contributed by atoms with Gasteiger partial charge in [-0.1, -0.05) is 18.9 Å². The summed E-state index contributed by atoms with van der Waals surface area (Å²) < 4.78 is 1.91. The summed E-state index contributed by atoms with van der Waals surface area (Å²) in [6.07, 6.45) is 6.59. The highest BCUT2D eigenvalue weighted by atomic mass is 16.1. The molecule has 0 saturated heterocycles. The Balaban J connectivity index is 1.58. The molecule has 29 heavy (non-hydrogen) atoms. The fraction of sp³-hybridized carbons (Fsp3) is 0.409. The summed E-state index contributed by atoms with van der Waals surface area (Å²) >= 11 is 0. The van der Waals surface area contributed by atoms with Gasteiger partial charge >= 0.3 is 0 Å². The average molecular weight is 388 g/mol. The van der Waals surface area contributed by atoms with E-state index in [1.807, 2.05) is 16.8 Å². The van der Waals surface area contributed by atoms with Crippen LogP contribution in [-0.4, -0.2) is 21.3 Å². The van der Waals surface area contributed by atoms with E-state index in [-0.39, 0.29) is 17.5 Å². The van der Waals surface area contributed by atoms with Crippen molar-refractivity contribution in [2.45, 2.75) is 44.7 Å². The lowest BCUT2D eigenvalue weighted by molar-refractivity contribution is 0.277. The third kappa shape index (κ3) is 3.19. The van der Waals surface area contributed by atoms with Crippen LogP contribution in [-0.2, 0) is 13.0 Å². The number of benzene rings is 1. The summed E-state index contributed by atoms with van der Waals surface area (Å²) in [6.45, 7) is 1.87. The predicted octanol–water partition coefficient (Wildman–Crippen LogP) is 3.37. The first-order valence-electron chi connectivity index (χ1n) is 10.3. The van der Waals surface area contributed by atoms with Crippen molar-refractivity contribution < 1.29 is 0 Å². The Morgan fingerprint density at radius 2 is 2.10 bits per heavy atom. The highest BCUT2D eigenvalue weighted by Gasteiger charge is 2.29. The zero-order valence-electron chi connectivity index (χ0n) is 16.2. The topological polar surface area (TPSA) is 98.5 Å². The number of nitrogens with zero attached hydrogens (tertiary/aromatic N) is 3. The van der Waals surface area contributed by atoms with Crippen LogP contribution < -0.4 is 16.2 Å². The highest BCUT2D eigenvalue weighted by Crippen LogP contribution is 2.36. The van der Waals surface area contributed by atoms with Crippen molar-refractivity contribution in [3.05, 3.63) is 51.9 Å². The number of H-pyrrole nitrogens is 1. The van der Waals surface area contributed by atoms with Crippen molar-refractivity contribution in [2.24, 2.45) is 5.92 Å². The quantitative estimate of drug-likeness (QED) is 0.639. The van der Waals surface area contributed by atoms with Crippen molar-refractivity contribution in [3.8, 4) is 6.07 Å². The molecule has 0 amide bonds. The molecule has 0 bridgehead atoms. The number of hydrogen-bond acceptors (Lipinski definition) is 5. The molecule has 1 aliphatic carbocycles. The van der Waals surface area contributed by atoms with Crippen molar-refractivity contribution in [3.63, 3.8) is 0 Å². The van der Waals surface area contributed by atoms with Gasteiger partial charge in [0.2, 0.25) is 0 Å². The second-order valence-corrected chi connectivity index (χ2v) is 7.98. The Bertz CT molecular complexity index is 1150. The molecule has 3 aromatic rings. The van der Waals surface area contributed by atoms with E-state index in [4.69, 9.17) is 5.10 Å². The van der Waals surface area contributed by atoms with Crippen LogP contribution in [0.5, 0.6) is 0 Å². The minimum absolute atomic E-state index is 0.00297. The summed E-state index contributed by atoms with van der Waals surface area (Å²) in [4.78, 5) is 15.4. The summed E-state index contributed by atoms with van der Waals surface area (Å²) in [7, 11) is 0. The van der Waals surface area contributed by atoms with Crippen LogP contribution >= 0.6 is 0 Å². The van der Waals surface area contributed by atoms with Crippen molar-refractivity contribution in [1.82, 2.24) is 20.1 Å².